The number of aromatic amines is 1. The number of hydrogen-bond acceptors (Lipinski definition) is 3. The summed E-state index contributed by atoms with van der Waals surface area (Å²) < 4.78 is 2.25. The van der Waals surface area contributed by atoms with Crippen molar-refractivity contribution >= 4 is 11.6 Å². The van der Waals surface area contributed by atoms with Crippen LogP contribution in [-0.4, -0.2) is 25.7 Å². The van der Waals surface area contributed by atoms with Gasteiger partial charge in [-0.25, -0.2) is 4.98 Å². The minimum absolute atomic E-state index is 0.217. The Labute approximate surface area is 162 Å². The second kappa shape index (κ2) is 6.81. The lowest BCUT2D eigenvalue weighted by molar-refractivity contribution is 0.102. The van der Waals surface area contributed by atoms with Crippen LogP contribution in [0, 0.1) is 0 Å². The van der Waals surface area contributed by atoms with Crippen molar-refractivity contribution in [3.8, 4) is 22.5 Å². The van der Waals surface area contributed by atoms with E-state index >= 15 is 0 Å². The predicted molar refractivity (Wildman–Crippen MR) is 108 cm³/mol. The number of amides is 1. The molecule has 2 aromatic heterocycles. The van der Waals surface area contributed by atoms with Gasteiger partial charge in [-0.1, -0.05) is 42.5 Å². The van der Waals surface area contributed by atoms with Gasteiger partial charge in [0.25, 0.3) is 5.91 Å². The molecule has 5 rings (SSSR count). The number of rotatable bonds is 4. The Morgan fingerprint density at radius 1 is 1.04 bits per heavy atom. The molecule has 6 heteroatoms. The van der Waals surface area contributed by atoms with Crippen molar-refractivity contribution < 1.29 is 4.79 Å². The zero-order chi connectivity index (χ0) is 18.9. The number of aromatic nitrogens is 4. The third-order valence-electron chi connectivity index (χ3n) is 5.03. The number of hydrogen-bond donors (Lipinski definition) is 2. The number of H-pyrrole nitrogens is 1. The fraction of sp³-hybridized carbons (Fsp3) is 0.136. The van der Waals surface area contributed by atoms with Crippen molar-refractivity contribution in [2.24, 2.45) is 0 Å². The summed E-state index contributed by atoms with van der Waals surface area (Å²) in [6.07, 6.45) is 4.08. The SMILES string of the molecule is O=C(Nc1cccc(-c2cnc3n2CCC3)c1)c1cc(-c2ccccc2)n[nH]1. The molecule has 0 unspecified atom stereocenters. The summed E-state index contributed by atoms with van der Waals surface area (Å²) >= 11 is 0. The van der Waals surface area contributed by atoms with Gasteiger partial charge in [0.05, 0.1) is 17.6 Å². The molecular weight excluding hydrogens is 350 g/mol. The third kappa shape index (κ3) is 2.99. The Balaban J connectivity index is 1.37. The molecule has 2 aromatic carbocycles. The number of nitrogens with one attached hydrogen (secondary N) is 2. The van der Waals surface area contributed by atoms with E-state index in [-0.39, 0.29) is 5.91 Å². The van der Waals surface area contributed by atoms with E-state index in [1.807, 2.05) is 60.8 Å². The number of carbonyl (C=O) groups excluding carboxylic acids is 1. The highest BCUT2D eigenvalue weighted by atomic mass is 16.1. The fourth-order valence-electron chi connectivity index (χ4n) is 3.64. The highest BCUT2D eigenvalue weighted by Crippen LogP contribution is 2.27. The first kappa shape index (κ1) is 16.5. The van der Waals surface area contributed by atoms with Crippen molar-refractivity contribution in [1.82, 2.24) is 19.7 Å². The summed E-state index contributed by atoms with van der Waals surface area (Å²) in [5, 5.41) is 10.0. The van der Waals surface area contributed by atoms with Crippen LogP contribution >= 0.6 is 0 Å². The molecule has 0 fully saturated rings. The first-order valence-corrected chi connectivity index (χ1v) is 9.35. The van der Waals surface area contributed by atoms with Crippen LogP contribution in [0.2, 0.25) is 0 Å². The summed E-state index contributed by atoms with van der Waals surface area (Å²) in [6, 6.07) is 19.4. The molecule has 0 saturated carbocycles. The van der Waals surface area contributed by atoms with Crippen LogP contribution in [0.25, 0.3) is 22.5 Å². The molecule has 28 heavy (non-hydrogen) atoms. The summed E-state index contributed by atoms with van der Waals surface area (Å²) in [6.45, 7) is 0.998. The maximum absolute atomic E-state index is 12.6. The van der Waals surface area contributed by atoms with E-state index in [1.165, 1.54) is 0 Å². The quantitative estimate of drug-likeness (QED) is 0.568. The lowest BCUT2D eigenvalue weighted by Crippen LogP contribution is -2.12. The van der Waals surface area contributed by atoms with Gasteiger partial charge in [-0.15, -0.1) is 0 Å². The van der Waals surface area contributed by atoms with Gasteiger partial charge in [0.15, 0.2) is 0 Å². The van der Waals surface area contributed by atoms with E-state index in [0.717, 1.165) is 53.4 Å². The van der Waals surface area contributed by atoms with Crippen LogP contribution in [0.4, 0.5) is 5.69 Å². The monoisotopic (exact) mass is 369 g/mol. The van der Waals surface area contributed by atoms with Crippen LogP contribution in [0.5, 0.6) is 0 Å². The molecule has 0 saturated heterocycles. The van der Waals surface area contributed by atoms with Crippen molar-refractivity contribution in [3.05, 3.63) is 78.4 Å². The van der Waals surface area contributed by atoms with Crippen molar-refractivity contribution in [3.63, 3.8) is 0 Å². The first-order chi connectivity index (χ1) is 13.8. The van der Waals surface area contributed by atoms with E-state index in [1.54, 1.807) is 6.07 Å². The largest absolute Gasteiger partial charge is 0.328 e. The number of benzene rings is 2. The van der Waals surface area contributed by atoms with Crippen LogP contribution in [0.15, 0.2) is 66.9 Å². The van der Waals surface area contributed by atoms with Gasteiger partial charge >= 0.3 is 0 Å². The molecule has 138 valence electrons. The average Bonchev–Trinajstić information content (AvgIpc) is 3.46. The molecular formula is C22H19N5O. The molecule has 0 radical (unpaired) electrons. The molecule has 0 bridgehead atoms. The average molecular weight is 369 g/mol. The van der Waals surface area contributed by atoms with E-state index in [9.17, 15) is 4.79 Å². The number of carbonyl (C=O) groups is 1. The fourth-order valence-corrected chi connectivity index (χ4v) is 3.64. The van der Waals surface area contributed by atoms with Crippen molar-refractivity contribution in [2.75, 3.05) is 5.32 Å². The zero-order valence-corrected chi connectivity index (χ0v) is 15.2. The van der Waals surface area contributed by atoms with Crippen molar-refractivity contribution in [1.29, 1.82) is 0 Å². The molecule has 2 N–H and O–H groups in total. The summed E-state index contributed by atoms with van der Waals surface area (Å²) in [4.78, 5) is 17.1. The summed E-state index contributed by atoms with van der Waals surface area (Å²) in [5.74, 6) is 0.917. The van der Waals surface area contributed by atoms with Crippen molar-refractivity contribution in [2.45, 2.75) is 19.4 Å². The molecule has 1 amide bonds. The molecule has 0 spiro atoms. The molecule has 0 atom stereocenters. The number of aryl methyl sites for hydroxylation is 1. The smallest absolute Gasteiger partial charge is 0.273 e. The third-order valence-corrected chi connectivity index (χ3v) is 5.03. The number of nitrogens with zero attached hydrogens (tertiary/aromatic N) is 3. The van der Waals surface area contributed by atoms with E-state index in [0.29, 0.717) is 5.69 Å². The maximum Gasteiger partial charge on any atom is 0.273 e. The zero-order valence-electron chi connectivity index (χ0n) is 15.2. The van der Waals surface area contributed by atoms with E-state index in [4.69, 9.17) is 0 Å². The van der Waals surface area contributed by atoms with E-state index < -0.39 is 0 Å². The Hall–Kier alpha value is -3.67. The minimum atomic E-state index is -0.217. The lowest BCUT2D eigenvalue weighted by atomic mass is 10.1. The van der Waals surface area contributed by atoms with Gasteiger partial charge in [-0.2, -0.15) is 5.10 Å². The number of fused-ring (bicyclic) bond motifs is 1. The summed E-state index contributed by atoms with van der Waals surface area (Å²) in [5.41, 5.74) is 5.02. The Morgan fingerprint density at radius 2 is 1.89 bits per heavy atom. The van der Waals surface area contributed by atoms with Crippen LogP contribution in [0.3, 0.4) is 0 Å². The van der Waals surface area contributed by atoms with Gasteiger partial charge in [-0.3, -0.25) is 9.89 Å². The highest BCUT2D eigenvalue weighted by molar-refractivity contribution is 6.03. The molecule has 1 aliphatic heterocycles. The van der Waals surface area contributed by atoms with Gasteiger partial charge in [0.1, 0.15) is 11.5 Å². The summed E-state index contributed by atoms with van der Waals surface area (Å²) in [7, 11) is 0. The van der Waals surface area contributed by atoms with Crippen LogP contribution in [-0.2, 0) is 13.0 Å². The molecule has 4 aromatic rings. The molecule has 1 aliphatic rings. The highest BCUT2D eigenvalue weighted by Gasteiger charge is 2.17. The lowest BCUT2D eigenvalue weighted by Gasteiger charge is -2.08. The Morgan fingerprint density at radius 3 is 2.79 bits per heavy atom. The second-order valence-corrected chi connectivity index (χ2v) is 6.88. The minimum Gasteiger partial charge on any atom is -0.328 e. The maximum atomic E-state index is 12.6. The van der Waals surface area contributed by atoms with E-state index in [2.05, 4.69) is 25.1 Å². The normalized spacial score (nSPS) is 12.7. The van der Waals surface area contributed by atoms with Gasteiger partial charge in [-0.05, 0) is 24.6 Å². The van der Waals surface area contributed by atoms with Gasteiger partial charge in [0, 0.05) is 29.8 Å². The number of imidazole rings is 1. The molecule has 6 nitrogen and oxygen atoms in total. The van der Waals surface area contributed by atoms with Crippen LogP contribution < -0.4 is 5.32 Å². The van der Waals surface area contributed by atoms with Crippen LogP contribution in [0.1, 0.15) is 22.7 Å². The van der Waals surface area contributed by atoms with Gasteiger partial charge in [0.2, 0.25) is 0 Å². The Bertz CT molecular complexity index is 1140. The standard InChI is InChI=1S/C22H19N5O/c28-22(19-13-18(25-26-19)15-6-2-1-3-7-15)24-17-9-4-8-16(12-17)20-14-23-21-10-5-11-27(20)21/h1-4,6-9,12-14H,5,10-11H2,(H,24,28)(H,25,26). The predicted octanol–water partition coefficient (Wildman–Crippen LogP) is 4.14. The Kier molecular flexibility index (Phi) is 4.01. The topological polar surface area (TPSA) is 75.6 Å². The molecule has 3 heterocycles. The van der Waals surface area contributed by atoms with Gasteiger partial charge < -0.3 is 9.88 Å². The first-order valence-electron chi connectivity index (χ1n) is 9.35. The second-order valence-electron chi connectivity index (χ2n) is 6.88. The molecule has 0 aliphatic carbocycles. The number of anilines is 1.